The Morgan fingerprint density at radius 1 is 1.32 bits per heavy atom. The number of nitrogens with zero attached hydrogens (tertiary/aromatic N) is 2. The monoisotopic (exact) mass is 434 g/mol. The van der Waals surface area contributed by atoms with Crippen LogP contribution in [0.15, 0.2) is 30.5 Å². The van der Waals surface area contributed by atoms with Crippen LogP contribution in [0.5, 0.6) is 5.75 Å². The number of aromatic amines is 1. The fraction of sp³-hybridized carbons (Fsp3) is 0.333. The molecule has 0 radical (unpaired) electrons. The lowest BCUT2D eigenvalue weighted by Crippen LogP contribution is -2.58. The van der Waals surface area contributed by atoms with Gasteiger partial charge in [-0.1, -0.05) is 19.9 Å². The number of fused-ring (bicyclic) bond motifs is 2. The Labute approximate surface area is 174 Å². The van der Waals surface area contributed by atoms with Gasteiger partial charge in [-0.3, -0.25) is 5.10 Å². The third kappa shape index (κ3) is 2.99. The first-order valence-corrected chi connectivity index (χ1v) is 9.34. The van der Waals surface area contributed by atoms with Crippen LogP contribution in [0.2, 0.25) is 0 Å². The van der Waals surface area contributed by atoms with Gasteiger partial charge in [0.25, 0.3) is 0 Å². The van der Waals surface area contributed by atoms with Gasteiger partial charge in [-0.2, -0.15) is 23.5 Å². The van der Waals surface area contributed by atoms with Gasteiger partial charge in [0, 0.05) is 16.6 Å². The molecule has 2 atom stereocenters. The van der Waals surface area contributed by atoms with Crippen LogP contribution in [0.25, 0.3) is 10.9 Å². The smallest absolute Gasteiger partial charge is 0.419 e. The zero-order valence-electron chi connectivity index (χ0n) is 16.5. The molecule has 4 rings (SSSR count). The normalized spacial score (nSPS) is 22.7. The molecule has 1 heterocycles. The van der Waals surface area contributed by atoms with Crippen molar-refractivity contribution in [3.8, 4) is 11.8 Å². The summed E-state index contributed by atoms with van der Waals surface area (Å²) in [5, 5.41) is 40.5. The zero-order chi connectivity index (χ0) is 22.8. The van der Waals surface area contributed by atoms with Gasteiger partial charge in [0.2, 0.25) is 0 Å². The predicted octanol–water partition coefficient (Wildman–Crippen LogP) is 4.41. The zero-order valence-corrected chi connectivity index (χ0v) is 16.5. The van der Waals surface area contributed by atoms with Crippen molar-refractivity contribution in [3.05, 3.63) is 53.0 Å². The topological polar surface area (TPSA) is 105 Å². The van der Waals surface area contributed by atoms with Crippen LogP contribution in [0, 0.1) is 17.1 Å². The molecule has 162 valence electrons. The Kier molecular flexibility index (Phi) is 4.45. The highest BCUT2D eigenvalue weighted by Crippen LogP contribution is 2.57. The number of phenolic OH excluding ortho intramolecular Hbond substituents is 1. The van der Waals surface area contributed by atoms with Gasteiger partial charge in [-0.15, -0.1) is 0 Å². The maximum atomic E-state index is 14.5. The Morgan fingerprint density at radius 2 is 2.03 bits per heavy atom. The molecule has 1 aliphatic rings. The van der Waals surface area contributed by atoms with Gasteiger partial charge in [0.1, 0.15) is 6.07 Å². The summed E-state index contributed by atoms with van der Waals surface area (Å²) in [5.41, 5.74) is -4.83. The van der Waals surface area contributed by atoms with Crippen molar-refractivity contribution >= 4 is 16.6 Å². The average Bonchev–Trinajstić information content (AvgIpc) is 3.15. The van der Waals surface area contributed by atoms with Crippen molar-refractivity contribution in [1.29, 1.82) is 5.26 Å². The first-order valence-electron chi connectivity index (χ1n) is 9.34. The van der Waals surface area contributed by atoms with E-state index in [9.17, 15) is 33.0 Å². The number of halogens is 4. The fourth-order valence-electron chi connectivity index (χ4n) is 4.52. The number of aromatic nitrogens is 2. The van der Waals surface area contributed by atoms with Gasteiger partial charge < -0.3 is 15.5 Å². The van der Waals surface area contributed by atoms with Crippen LogP contribution < -0.4 is 5.32 Å². The maximum Gasteiger partial charge on any atom is 0.419 e. The van der Waals surface area contributed by atoms with Crippen LogP contribution >= 0.6 is 0 Å². The summed E-state index contributed by atoms with van der Waals surface area (Å²) < 4.78 is 57.2. The molecule has 0 fully saturated rings. The number of hydrogen-bond acceptors (Lipinski definition) is 5. The molecular formula is C21H18F4N4O2. The van der Waals surface area contributed by atoms with Crippen LogP contribution in [-0.4, -0.2) is 32.2 Å². The van der Waals surface area contributed by atoms with Crippen LogP contribution in [0.1, 0.15) is 43.0 Å². The molecule has 2 aromatic carbocycles. The lowest BCUT2D eigenvalue weighted by molar-refractivity contribution is -0.276. The molecule has 10 heteroatoms. The summed E-state index contributed by atoms with van der Waals surface area (Å²) in [7, 11) is 0. The van der Waals surface area contributed by atoms with E-state index in [1.54, 1.807) is 18.2 Å². The summed E-state index contributed by atoms with van der Waals surface area (Å²) in [4.78, 5) is 0. The molecule has 0 amide bonds. The van der Waals surface area contributed by atoms with Crippen molar-refractivity contribution in [3.63, 3.8) is 0 Å². The van der Waals surface area contributed by atoms with E-state index in [0.717, 1.165) is 6.07 Å². The van der Waals surface area contributed by atoms with Crippen molar-refractivity contribution in [2.24, 2.45) is 0 Å². The van der Waals surface area contributed by atoms with Crippen molar-refractivity contribution in [2.45, 2.75) is 43.5 Å². The summed E-state index contributed by atoms with van der Waals surface area (Å²) in [6.45, 7) is 2.75. The number of aliphatic hydroxyl groups is 1. The van der Waals surface area contributed by atoms with Gasteiger partial charge in [0.05, 0.1) is 23.3 Å². The second-order valence-electron chi connectivity index (χ2n) is 8.36. The van der Waals surface area contributed by atoms with E-state index in [1.165, 1.54) is 26.1 Å². The van der Waals surface area contributed by atoms with Crippen LogP contribution in [0.4, 0.5) is 23.2 Å². The molecule has 4 N–H and O–H groups in total. The molecule has 0 aliphatic heterocycles. The number of hydrogen-bond donors (Lipinski definition) is 4. The number of alkyl halides is 3. The summed E-state index contributed by atoms with van der Waals surface area (Å²) in [6, 6.07) is 5.46. The third-order valence-corrected chi connectivity index (χ3v) is 5.84. The number of phenols is 1. The van der Waals surface area contributed by atoms with E-state index >= 15 is 0 Å². The largest absolute Gasteiger partial charge is 0.505 e. The second-order valence-corrected chi connectivity index (χ2v) is 8.36. The molecule has 6 nitrogen and oxygen atoms in total. The second kappa shape index (κ2) is 6.59. The lowest BCUT2D eigenvalue weighted by atomic mass is 9.63. The molecule has 2 unspecified atom stereocenters. The first-order chi connectivity index (χ1) is 14.4. The van der Waals surface area contributed by atoms with E-state index in [2.05, 4.69) is 15.5 Å². The fourth-order valence-corrected chi connectivity index (χ4v) is 4.52. The van der Waals surface area contributed by atoms with Crippen molar-refractivity contribution in [2.75, 3.05) is 5.32 Å². The molecule has 31 heavy (non-hydrogen) atoms. The van der Waals surface area contributed by atoms with E-state index in [1.807, 2.05) is 0 Å². The van der Waals surface area contributed by atoms with Crippen molar-refractivity contribution < 1.29 is 27.8 Å². The Balaban J connectivity index is 2.01. The third-order valence-electron chi connectivity index (χ3n) is 5.84. The molecule has 0 bridgehead atoms. The number of nitriles is 1. The van der Waals surface area contributed by atoms with Gasteiger partial charge in [-0.25, -0.2) is 4.39 Å². The van der Waals surface area contributed by atoms with Gasteiger partial charge in [0.15, 0.2) is 17.2 Å². The van der Waals surface area contributed by atoms with Crippen LogP contribution in [0.3, 0.4) is 0 Å². The highest BCUT2D eigenvalue weighted by atomic mass is 19.4. The summed E-state index contributed by atoms with van der Waals surface area (Å²) >= 11 is 0. The standard InChI is InChI=1S/C21H18F4N4O2/c1-19(2)9-20(31,21(23,24)25)18(11-6-10(7-26)16(22)17(30)15(11)19)28-13-4-3-5-14-12(13)8-27-29-14/h3-6,8,18,28,30-31H,9H2,1-2H3,(H,27,29). The van der Waals surface area contributed by atoms with Crippen molar-refractivity contribution in [1.82, 2.24) is 10.2 Å². The minimum Gasteiger partial charge on any atom is -0.505 e. The molecule has 3 aromatic rings. The van der Waals surface area contributed by atoms with E-state index in [0.29, 0.717) is 10.9 Å². The van der Waals surface area contributed by atoms with E-state index in [-0.39, 0.29) is 16.8 Å². The Morgan fingerprint density at radius 3 is 2.68 bits per heavy atom. The SMILES string of the molecule is CC1(C)CC(O)(C(F)(F)F)C(Nc2cccc3[nH]ncc23)c2cc(C#N)c(F)c(O)c21. The lowest BCUT2D eigenvalue weighted by Gasteiger charge is -2.49. The number of benzene rings is 2. The number of rotatable bonds is 2. The number of aromatic hydroxyl groups is 1. The minimum atomic E-state index is -5.07. The Bertz CT molecular complexity index is 1230. The number of H-pyrrole nitrogens is 1. The molecule has 0 saturated carbocycles. The van der Waals surface area contributed by atoms with E-state index < -0.39 is 46.8 Å². The predicted molar refractivity (Wildman–Crippen MR) is 104 cm³/mol. The molecule has 1 aromatic heterocycles. The quantitative estimate of drug-likeness (QED) is 0.448. The highest BCUT2D eigenvalue weighted by molar-refractivity contribution is 5.91. The summed E-state index contributed by atoms with van der Waals surface area (Å²) in [6.07, 6.45) is -4.49. The first kappa shape index (κ1) is 20.9. The molecule has 1 aliphatic carbocycles. The molecule has 0 saturated heterocycles. The highest BCUT2D eigenvalue weighted by Gasteiger charge is 2.64. The maximum absolute atomic E-state index is 14.5. The van der Waals surface area contributed by atoms with Gasteiger partial charge >= 0.3 is 6.18 Å². The number of anilines is 1. The van der Waals surface area contributed by atoms with E-state index in [4.69, 9.17) is 0 Å². The molecular weight excluding hydrogens is 416 g/mol. The van der Waals surface area contributed by atoms with Crippen LogP contribution in [-0.2, 0) is 5.41 Å². The Hall–Kier alpha value is -3.32. The van der Waals surface area contributed by atoms with Gasteiger partial charge in [-0.05, 0) is 35.6 Å². The minimum absolute atomic E-state index is 0.0882. The summed E-state index contributed by atoms with van der Waals surface area (Å²) in [5.74, 6) is -2.10. The number of nitrogens with one attached hydrogen (secondary N) is 2. The molecule has 0 spiro atoms. The average molecular weight is 434 g/mol.